The van der Waals surface area contributed by atoms with Gasteiger partial charge in [-0.2, -0.15) is 0 Å². The fraction of sp³-hybridized carbons (Fsp3) is 0.381. The van der Waals surface area contributed by atoms with Crippen LogP contribution in [0, 0.1) is 23.2 Å². The number of hydrogen-bond donors (Lipinski definition) is 0. The van der Waals surface area contributed by atoms with E-state index >= 15 is 0 Å². The Hall–Kier alpha value is -1.93. The molecule has 2 heteroatoms. The number of ketones is 1. The third kappa shape index (κ3) is 1.10. The van der Waals surface area contributed by atoms with Gasteiger partial charge in [-0.1, -0.05) is 60.7 Å². The van der Waals surface area contributed by atoms with Crippen LogP contribution in [0.3, 0.4) is 0 Å². The summed E-state index contributed by atoms with van der Waals surface area (Å²) < 4.78 is 6.49. The molecule has 2 bridgehead atoms. The van der Waals surface area contributed by atoms with Crippen LogP contribution >= 0.6 is 0 Å². The van der Waals surface area contributed by atoms with Gasteiger partial charge in [0, 0.05) is 11.5 Å². The maximum atomic E-state index is 13.5. The molecular formula is C21H18O2. The summed E-state index contributed by atoms with van der Waals surface area (Å²) in [6.07, 6.45) is 2.61. The van der Waals surface area contributed by atoms with Crippen LogP contribution in [-0.2, 0) is 10.3 Å². The maximum Gasteiger partial charge on any atom is 0.172 e. The van der Waals surface area contributed by atoms with Crippen molar-refractivity contribution in [3.05, 3.63) is 71.8 Å². The molecule has 6 rings (SSSR count). The van der Waals surface area contributed by atoms with Gasteiger partial charge in [0.25, 0.3) is 0 Å². The zero-order valence-corrected chi connectivity index (χ0v) is 12.8. The van der Waals surface area contributed by atoms with E-state index in [4.69, 9.17) is 4.74 Å². The molecule has 2 aromatic carbocycles. The number of rotatable bonds is 3. The molecule has 23 heavy (non-hydrogen) atoms. The van der Waals surface area contributed by atoms with Crippen molar-refractivity contribution in [3.8, 4) is 0 Å². The molecule has 1 aliphatic heterocycles. The van der Waals surface area contributed by atoms with Crippen molar-refractivity contribution >= 4 is 5.78 Å². The summed E-state index contributed by atoms with van der Waals surface area (Å²) in [5.74, 6) is 2.00. The molecule has 1 saturated heterocycles. The van der Waals surface area contributed by atoms with Crippen LogP contribution < -0.4 is 0 Å². The van der Waals surface area contributed by atoms with Crippen LogP contribution in [0.15, 0.2) is 60.7 Å². The molecule has 0 spiro atoms. The molecule has 0 aromatic heterocycles. The van der Waals surface area contributed by atoms with Crippen molar-refractivity contribution in [2.45, 2.75) is 24.5 Å². The lowest BCUT2D eigenvalue weighted by atomic mass is 9.35. The number of fused-ring (bicyclic) bond motifs is 3. The standard InChI is InChI=1S/C21H18O2/c22-19(13-7-3-1-4-8-13)20-12-14-11-16(20)17-18(14)23-21(17,20)15-9-5-2-6-10-15/h1-10,14,16-18H,11-12H2/t14-,16-,17-,18+,20-,21?/m0/s1. The zero-order chi connectivity index (χ0) is 15.2. The second kappa shape index (κ2) is 3.76. The van der Waals surface area contributed by atoms with Gasteiger partial charge in [0.05, 0.1) is 11.5 Å². The lowest BCUT2D eigenvalue weighted by molar-refractivity contribution is -0.417. The minimum atomic E-state index is -0.344. The van der Waals surface area contributed by atoms with Crippen molar-refractivity contribution in [2.75, 3.05) is 0 Å². The molecule has 3 saturated carbocycles. The number of carbonyl (C=O) groups is 1. The summed E-state index contributed by atoms with van der Waals surface area (Å²) in [6.45, 7) is 0. The lowest BCUT2D eigenvalue weighted by Gasteiger charge is -2.76. The van der Waals surface area contributed by atoms with Crippen molar-refractivity contribution in [3.63, 3.8) is 0 Å². The summed E-state index contributed by atoms with van der Waals surface area (Å²) >= 11 is 0. The highest BCUT2D eigenvalue weighted by Gasteiger charge is 2.91. The fourth-order valence-corrected chi connectivity index (χ4v) is 6.52. The molecule has 6 atom stereocenters. The Bertz CT molecular complexity index is 814. The first-order chi connectivity index (χ1) is 11.3. The predicted molar refractivity (Wildman–Crippen MR) is 85.9 cm³/mol. The molecule has 4 aliphatic rings. The van der Waals surface area contributed by atoms with E-state index < -0.39 is 0 Å². The Labute approximate surface area is 135 Å². The molecule has 2 aromatic rings. The summed E-state index contributed by atoms with van der Waals surface area (Å²) in [6, 6.07) is 20.3. The zero-order valence-electron chi connectivity index (χ0n) is 12.8. The first-order valence-corrected chi connectivity index (χ1v) is 8.62. The van der Waals surface area contributed by atoms with Crippen LogP contribution in [0.1, 0.15) is 28.8 Å². The normalized spacial score (nSPS) is 44.5. The number of benzene rings is 2. The number of hydrogen-bond acceptors (Lipinski definition) is 2. The van der Waals surface area contributed by atoms with Crippen LogP contribution in [0.2, 0.25) is 0 Å². The SMILES string of the molecule is O=C(c1ccccc1)[C@]12C[C@@H]3C[C@H]1[C@H]1[C@@H]3OC12c1ccccc1. The van der Waals surface area contributed by atoms with E-state index in [1.165, 1.54) is 12.0 Å². The van der Waals surface area contributed by atoms with Crippen LogP contribution in [0.4, 0.5) is 0 Å². The van der Waals surface area contributed by atoms with Crippen LogP contribution in [0.25, 0.3) is 0 Å². The lowest BCUT2D eigenvalue weighted by Crippen LogP contribution is -2.82. The Morgan fingerprint density at radius 1 is 1.00 bits per heavy atom. The first kappa shape index (κ1) is 12.5. The largest absolute Gasteiger partial charge is 0.365 e. The van der Waals surface area contributed by atoms with Gasteiger partial charge in [-0.05, 0) is 30.2 Å². The summed E-state index contributed by atoms with van der Waals surface area (Å²) in [4.78, 5) is 13.5. The first-order valence-electron chi connectivity index (χ1n) is 8.62. The average Bonchev–Trinajstić information content (AvgIpc) is 3.01. The van der Waals surface area contributed by atoms with E-state index in [-0.39, 0.29) is 11.0 Å². The van der Waals surface area contributed by atoms with Gasteiger partial charge in [-0.15, -0.1) is 0 Å². The molecule has 1 unspecified atom stereocenters. The van der Waals surface area contributed by atoms with E-state index in [9.17, 15) is 4.79 Å². The predicted octanol–water partition coefficient (Wildman–Crippen LogP) is 3.82. The molecule has 2 nitrogen and oxygen atoms in total. The third-order valence-electron chi connectivity index (χ3n) is 7.12. The maximum absolute atomic E-state index is 13.5. The van der Waals surface area contributed by atoms with Gasteiger partial charge in [0.15, 0.2) is 5.78 Å². The van der Waals surface area contributed by atoms with E-state index in [0.29, 0.717) is 29.6 Å². The van der Waals surface area contributed by atoms with E-state index in [0.717, 1.165) is 12.0 Å². The summed E-state index contributed by atoms with van der Waals surface area (Å²) in [7, 11) is 0. The van der Waals surface area contributed by atoms with Gasteiger partial charge < -0.3 is 4.74 Å². The molecule has 114 valence electrons. The Morgan fingerprint density at radius 3 is 2.39 bits per heavy atom. The highest BCUT2D eigenvalue weighted by atomic mass is 16.6. The Kier molecular flexibility index (Phi) is 2.04. The van der Waals surface area contributed by atoms with Crippen molar-refractivity contribution in [1.29, 1.82) is 0 Å². The van der Waals surface area contributed by atoms with E-state index in [1.54, 1.807) is 0 Å². The number of carbonyl (C=O) groups excluding carboxylic acids is 1. The monoisotopic (exact) mass is 302 g/mol. The molecule has 3 aliphatic carbocycles. The van der Waals surface area contributed by atoms with Crippen molar-refractivity contribution in [2.24, 2.45) is 23.2 Å². The summed E-state index contributed by atoms with van der Waals surface area (Å²) in [5.41, 5.74) is 1.39. The third-order valence-corrected chi connectivity index (χ3v) is 7.12. The van der Waals surface area contributed by atoms with Gasteiger partial charge in [-0.3, -0.25) is 4.79 Å². The smallest absolute Gasteiger partial charge is 0.172 e. The van der Waals surface area contributed by atoms with Crippen LogP contribution in [-0.4, -0.2) is 11.9 Å². The average molecular weight is 302 g/mol. The van der Waals surface area contributed by atoms with E-state index in [2.05, 4.69) is 24.3 Å². The van der Waals surface area contributed by atoms with Gasteiger partial charge in [-0.25, -0.2) is 0 Å². The fourth-order valence-electron chi connectivity index (χ4n) is 6.52. The second-order valence-corrected chi connectivity index (χ2v) is 7.68. The highest BCUT2D eigenvalue weighted by Crippen LogP contribution is 2.86. The topological polar surface area (TPSA) is 26.3 Å². The minimum Gasteiger partial charge on any atom is -0.365 e. The highest BCUT2D eigenvalue weighted by molar-refractivity contribution is 6.03. The van der Waals surface area contributed by atoms with E-state index in [1.807, 2.05) is 36.4 Å². The van der Waals surface area contributed by atoms with Gasteiger partial charge in [0.1, 0.15) is 5.60 Å². The molecular weight excluding hydrogens is 284 g/mol. The molecule has 0 N–H and O–H groups in total. The van der Waals surface area contributed by atoms with Crippen LogP contribution in [0.5, 0.6) is 0 Å². The number of Topliss-reactive ketones (excluding diaryl/α,β-unsaturated/α-hetero) is 1. The quantitative estimate of drug-likeness (QED) is 0.806. The number of ether oxygens (including phenoxy) is 1. The van der Waals surface area contributed by atoms with Crippen molar-refractivity contribution < 1.29 is 9.53 Å². The van der Waals surface area contributed by atoms with Crippen molar-refractivity contribution in [1.82, 2.24) is 0 Å². The van der Waals surface area contributed by atoms with Gasteiger partial charge in [0.2, 0.25) is 0 Å². The minimum absolute atomic E-state index is 0.309. The summed E-state index contributed by atoms with van der Waals surface area (Å²) in [5, 5.41) is 0. The van der Waals surface area contributed by atoms with Gasteiger partial charge >= 0.3 is 0 Å². The Morgan fingerprint density at radius 2 is 1.70 bits per heavy atom. The molecule has 4 fully saturated rings. The molecule has 0 amide bonds. The second-order valence-electron chi connectivity index (χ2n) is 7.68. The molecule has 0 radical (unpaired) electrons. The molecule has 1 heterocycles. The Balaban J connectivity index is 1.54.